The van der Waals surface area contributed by atoms with Crippen LogP contribution in [0.2, 0.25) is 5.02 Å². The minimum absolute atomic E-state index is 0.759. The average Bonchev–Trinajstić information content (AvgIpc) is 2.90. The lowest BCUT2D eigenvalue weighted by atomic mass is 9.92. The van der Waals surface area contributed by atoms with Gasteiger partial charge in [-0.3, -0.25) is 0 Å². The van der Waals surface area contributed by atoms with Gasteiger partial charge in [-0.25, -0.2) is 4.58 Å². The van der Waals surface area contributed by atoms with E-state index in [0.717, 1.165) is 55.5 Å². The van der Waals surface area contributed by atoms with Crippen molar-refractivity contribution in [2.75, 3.05) is 20.3 Å². The summed E-state index contributed by atoms with van der Waals surface area (Å²) in [5.41, 5.74) is 5.28. The van der Waals surface area contributed by atoms with Crippen molar-refractivity contribution in [2.45, 2.75) is 104 Å². The summed E-state index contributed by atoms with van der Waals surface area (Å²) in [4.78, 5) is 0. The van der Waals surface area contributed by atoms with Gasteiger partial charge in [0.05, 0.1) is 18.7 Å². The molecule has 0 aromatic heterocycles. The Labute approximate surface area is 224 Å². The lowest BCUT2D eigenvalue weighted by molar-refractivity contribution is -0.545. The third kappa shape index (κ3) is 8.26. The molecule has 0 spiro atoms. The summed E-state index contributed by atoms with van der Waals surface area (Å²) in [6.07, 6.45) is 16.0. The van der Waals surface area contributed by atoms with E-state index < -0.39 is 0 Å². The maximum atomic E-state index is 6.56. The minimum atomic E-state index is 0.759. The topological polar surface area (TPSA) is 21.5 Å². The molecule has 3 nitrogen and oxygen atoms in total. The normalized spacial score (nSPS) is 13.1. The van der Waals surface area contributed by atoms with Gasteiger partial charge in [-0.15, -0.1) is 0 Å². The second-order valence-corrected chi connectivity index (χ2v) is 10.5. The van der Waals surface area contributed by atoms with Gasteiger partial charge < -0.3 is 9.47 Å². The number of benzene rings is 2. The molecule has 1 aliphatic rings. The maximum Gasteiger partial charge on any atom is 0.184 e. The number of rotatable bonds is 17. The molecule has 0 aliphatic carbocycles. The number of nitrogens with zero attached hydrogens (tertiary/aromatic N) is 1. The highest BCUT2D eigenvalue weighted by Gasteiger charge is 2.30. The third-order valence-corrected chi connectivity index (χ3v) is 7.72. The van der Waals surface area contributed by atoms with Crippen molar-refractivity contribution in [3.8, 4) is 11.5 Å². The number of hydrogen-bond acceptors (Lipinski definition) is 2. The molecule has 0 saturated carbocycles. The van der Waals surface area contributed by atoms with Crippen LogP contribution in [-0.2, 0) is 13.0 Å². The Kier molecular flexibility index (Phi) is 12.7. The zero-order valence-corrected chi connectivity index (χ0v) is 23.7. The lowest BCUT2D eigenvalue weighted by Gasteiger charge is -2.23. The molecular weight excluding hydrogens is 466 g/mol. The summed E-state index contributed by atoms with van der Waals surface area (Å²) < 4.78 is 14.7. The molecule has 0 unspecified atom stereocenters. The van der Waals surface area contributed by atoms with Gasteiger partial charge in [0.15, 0.2) is 23.8 Å². The van der Waals surface area contributed by atoms with Crippen molar-refractivity contribution in [3.63, 3.8) is 0 Å². The van der Waals surface area contributed by atoms with Crippen molar-refractivity contribution in [3.05, 3.63) is 58.1 Å². The van der Waals surface area contributed by atoms with Crippen LogP contribution in [0, 0.1) is 0 Å². The van der Waals surface area contributed by atoms with Gasteiger partial charge >= 0.3 is 0 Å². The molecule has 1 heterocycles. The van der Waals surface area contributed by atoms with E-state index in [4.69, 9.17) is 21.1 Å². The smallest absolute Gasteiger partial charge is 0.184 e. The maximum absolute atomic E-state index is 6.56. The van der Waals surface area contributed by atoms with Crippen LogP contribution < -0.4 is 9.47 Å². The molecule has 3 rings (SSSR count). The summed E-state index contributed by atoms with van der Waals surface area (Å²) in [5.74, 6) is 1.83. The Morgan fingerprint density at radius 1 is 0.833 bits per heavy atom. The average molecular weight is 513 g/mol. The van der Waals surface area contributed by atoms with Crippen molar-refractivity contribution in [1.29, 1.82) is 0 Å². The Balaban J connectivity index is 1.82. The molecule has 2 aromatic carbocycles. The van der Waals surface area contributed by atoms with Gasteiger partial charge in [0.1, 0.15) is 6.54 Å². The third-order valence-electron chi connectivity index (χ3n) is 7.35. The lowest BCUT2D eigenvalue weighted by Crippen LogP contribution is -2.30. The standard InChI is InChI=1S/C32H47ClNO2/c1-4-6-8-10-12-16-24-36-32-28-22-23-34(25-26-17-14-15-18-29(26)33)30(19-13-11-9-7-5-2)27(28)20-21-31(32)35-3/h14-15,17-18,20-21H,4-13,16,19,22-25H2,1-3H3/q+1. The summed E-state index contributed by atoms with van der Waals surface area (Å²) in [7, 11) is 1.75. The zero-order chi connectivity index (χ0) is 25.6. The molecule has 0 bridgehead atoms. The summed E-state index contributed by atoms with van der Waals surface area (Å²) >= 11 is 6.56. The van der Waals surface area contributed by atoms with Crippen molar-refractivity contribution >= 4 is 17.3 Å². The van der Waals surface area contributed by atoms with E-state index in [1.165, 1.54) is 86.6 Å². The molecule has 36 heavy (non-hydrogen) atoms. The van der Waals surface area contributed by atoms with Gasteiger partial charge in [-0.2, -0.15) is 0 Å². The van der Waals surface area contributed by atoms with Crippen LogP contribution in [0.25, 0.3) is 0 Å². The molecule has 0 atom stereocenters. The molecule has 1 aliphatic heterocycles. The summed E-state index contributed by atoms with van der Waals surface area (Å²) in [6, 6.07) is 12.6. The highest BCUT2D eigenvalue weighted by Crippen LogP contribution is 2.37. The first-order valence-electron chi connectivity index (χ1n) is 14.4. The van der Waals surface area contributed by atoms with Gasteiger partial charge in [0.2, 0.25) is 0 Å². The van der Waals surface area contributed by atoms with Crippen molar-refractivity contribution < 1.29 is 14.0 Å². The van der Waals surface area contributed by atoms with Crippen LogP contribution in [0.3, 0.4) is 0 Å². The summed E-state index contributed by atoms with van der Waals surface area (Å²) in [5, 5.41) is 0.850. The van der Waals surface area contributed by atoms with Gasteiger partial charge in [0.25, 0.3) is 0 Å². The van der Waals surface area contributed by atoms with Gasteiger partial charge in [-0.05, 0) is 31.0 Å². The molecule has 0 fully saturated rings. The highest BCUT2D eigenvalue weighted by atomic mass is 35.5. The number of halogens is 1. The first-order chi connectivity index (χ1) is 17.7. The number of ether oxygens (including phenoxy) is 2. The van der Waals surface area contributed by atoms with Crippen molar-refractivity contribution in [1.82, 2.24) is 0 Å². The van der Waals surface area contributed by atoms with Crippen LogP contribution in [0.4, 0.5) is 0 Å². The fourth-order valence-electron chi connectivity index (χ4n) is 5.25. The fraction of sp³-hybridized carbons (Fsp3) is 0.594. The van der Waals surface area contributed by atoms with E-state index in [1.54, 1.807) is 7.11 Å². The van der Waals surface area contributed by atoms with Gasteiger partial charge in [-0.1, -0.05) is 101 Å². The number of methoxy groups -OCH3 is 1. The molecule has 0 amide bonds. The molecule has 0 N–H and O–H groups in total. The Morgan fingerprint density at radius 2 is 1.53 bits per heavy atom. The number of hydrogen-bond donors (Lipinski definition) is 0. The fourth-order valence-corrected chi connectivity index (χ4v) is 5.44. The van der Waals surface area contributed by atoms with Gasteiger partial charge in [0, 0.05) is 29.5 Å². The predicted molar refractivity (Wildman–Crippen MR) is 153 cm³/mol. The monoisotopic (exact) mass is 512 g/mol. The van der Waals surface area contributed by atoms with Crippen LogP contribution in [-0.4, -0.2) is 30.5 Å². The van der Waals surface area contributed by atoms with E-state index >= 15 is 0 Å². The van der Waals surface area contributed by atoms with Crippen LogP contribution >= 0.6 is 11.6 Å². The second-order valence-electron chi connectivity index (χ2n) is 10.1. The number of unbranched alkanes of at least 4 members (excludes halogenated alkanes) is 9. The van der Waals surface area contributed by atoms with E-state index in [0.29, 0.717) is 0 Å². The second kappa shape index (κ2) is 16.0. The quantitative estimate of drug-likeness (QED) is 0.156. The molecule has 4 heteroatoms. The minimum Gasteiger partial charge on any atom is -0.493 e. The molecule has 198 valence electrons. The highest BCUT2D eigenvalue weighted by molar-refractivity contribution is 6.31. The van der Waals surface area contributed by atoms with E-state index in [2.05, 4.69) is 42.7 Å². The Bertz CT molecular complexity index is 969. The molecule has 2 aromatic rings. The van der Waals surface area contributed by atoms with Crippen LogP contribution in [0.15, 0.2) is 36.4 Å². The first kappa shape index (κ1) is 28.6. The summed E-state index contributed by atoms with van der Waals surface area (Å²) in [6.45, 7) is 7.12. The molecular formula is C32H47ClNO2+. The van der Waals surface area contributed by atoms with E-state index in [1.807, 2.05) is 12.1 Å². The Morgan fingerprint density at radius 3 is 2.25 bits per heavy atom. The van der Waals surface area contributed by atoms with Crippen molar-refractivity contribution in [2.24, 2.45) is 0 Å². The van der Waals surface area contributed by atoms with Crippen LogP contribution in [0.5, 0.6) is 11.5 Å². The molecule has 0 saturated heterocycles. The Hall–Kier alpha value is -2.00. The van der Waals surface area contributed by atoms with Crippen LogP contribution in [0.1, 0.15) is 108 Å². The van der Waals surface area contributed by atoms with E-state index in [9.17, 15) is 0 Å². The largest absolute Gasteiger partial charge is 0.493 e. The predicted octanol–water partition coefficient (Wildman–Crippen LogP) is 9.01. The SMILES string of the molecule is CCCCCCCCOc1c(OC)ccc2c1CC[N+](Cc1ccccc1Cl)=C2CCCCCCC. The first-order valence-corrected chi connectivity index (χ1v) is 14.7. The number of fused-ring (bicyclic) bond motifs is 1. The zero-order valence-electron chi connectivity index (χ0n) is 22.9. The van der Waals surface area contributed by atoms with E-state index in [-0.39, 0.29) is 0 Å². The molecule has 0 radical (unpaired) electrons.